The van der Waals surface area contributed by atoms with Crippen molar-refractivity contribution in [2.24, 2.45) is 0 Å². The van der Waals surface area contributed by atoms with Crippen molar-refractivity contribution in [2.75, 3.05) is 0 Å². The summed E-state index contributed by atoms with van der Waals surface area (Å²) in [5.74, 6) is 0.492. The largest absolute Gasteiger partial charge is 0.286 e. The quantitative estimate of drug-likeness (QED) is 0.496. The number of fused-ring (bicyclic) bond motifs is 1. The lowest BCUT2D eigenvalue weighted by molar-refractivity contribution is 0.867. The molecule has 0 saturated heterocycles. The van der Waals surface area contributed by atoms with Gasteiger partial charge in [0.2, 0.25) is 0 Å². The molecule has 4 aromatic rings. The Labute approximate surface area is 156 Å². The SMILES string of the molecule is CC(C)c1ccc(-c2nc3scc(-c4ccncc4)n3c2CC#N)cc1. The summed E-state index contributed by atoms with van der Waals surface area (Å²) in [6.45, 7) is 4.37. The molecule has 0 atom stereocenters. The highest BCUT2D eigenvalue weighted by Crippen LogP contribution is 2.33. The maximum Gasteiger partial charge on any atom is 0.194 e. The fourth-order valence-electron chi connectivity index (χ4n) is 3.13. The molecule has 0 radical (unpaired) electrons. The molecule has 0 aliphatic heterocycles. The fraction of sp³-hybridized carbons (Fsp3) is 0.190. The van der Waals surface area contributed by atoms with Crippen LogP contribution in [0, 0.1) is 11.3 Å². The Kier molecular flexibility index (Phi) is 4.27. The fourth-order valence-corrected chi connectivity index (χ4v) is 4.05. The van der Waals surface area contributed by atoms with Gasteiger partial charge in [0.05, 0.1) is 29.6 Å². The molecular weight excluding hydrogens is 340 g/mol. The average Bonchev–Trinajstić information content (AvgIpc) is 3.23. The molecule has 5 heteroatoms. The highest BCUT2D eigenvalue weighted by molar-refractivity contribution is 7.15. The zero-order chi connectivity index (χ0) is 18.1. The number of pyridine rings is 1. The minimum absolute atomic E-state index is 0.317. The van der Waals surface area contributed by atoms with E-state index in [1.807, 2.05) is 12.1 Å². The predicted molar refractivity (Wildman–Crippen MR) is 105 cm³/mol. The molecule has 3 aromatic heterocycles. The van der Waals surface area contributed by atoms with E-state index in [0.29, 0.717) is 12.3 Å². The van der Waals surface area contributed by atoms with Gasteiger partial charge in [0.1, 0.15) is 0 Å². The molecule has 4 nitrogen and oxygen atoms in total. The lowest BCUT2D eigenvalue weighted by Gasteiger charge is -2.07. The molecule has 26 heavy (non-hydrogen) atoms. The van der Waals surface area contributed by atoms with Crippen molar-refractivity contribution >= 4 is 16.3 Å². The summed E-state index contributed by atoms with van der Waals surface area (Å²) < 4.78 is 2.11. The van der Waals surface area contributed by atoms with Gasteiger partial charge in [-0.05, 0) is 23.6 Å². The van der Waals surface area contributed by atoms with Crippen LogP contribution in [0.1, 0.15) is 31.0 Å². The zero-order valence-corrected chi connectivity index (χ0v) is 15.5. The van der Waals surface area contributed by atoms with Gasteiger partial charge in [-0.1, -0.05) is 38.1 Å². The second-order valence-corrected chi connectivity index (χ2v) is 7.33. The third kappa shape index (κ3) is 2.79. The minimum atomic E-state index is 0.317. The number of nitrogens with zero attached hydrogens (tertiary/aromatic N) is 4. The van der Waals surface area contributed by atoms with Crippen molar-refractivity contribution in [1.29, 1.82) is 5.26 Å². The van der Waals surface area contributed by atoms with Crippen LogP contribution in [0.3, 0.4) is 0 Å². The van der Waals surface area contributed by atoms with Crippen molar-refractivity contribution in [3.05, 3.63) is 65.4 Å². The van der Waals surface area contributed by atoms with E-state index in [9.17, 15) is 5.26 Å². The van der Waals surface area contributed by atoms with Gasteiger partial charge in [-0.15, -0.1) is 11.3 Å². The van der Waals surface area contributed by atoms with Crippen LogP contribution >= 0.6 is 11.3 Å². The Morgan fingerprint density at radius 1 is 1.08 bits per heavy atom. The van der Waals surface area contributed by atoms with E-state index in [4.69, 9.17) is 4.98 Å². The number of aromatic nitrogens is 3. The second-order valence-electron chi connectivity index (χ2n) is 6.49. The van der Waals surface area contributed by atoms with Crippen LogP contribution in [0.2, 0.25) is 0 Å². The second kappa shape index (κ2) is 6.74. The molecule has 0 saturated carbocycles. The van der Waals surface area contributed by atoms with Gasteiger partial charge in [-0.3, -0.25) is 9.38 Å². The first kappa shape index (κ1) is 16.5. The summed E-state index contributed by atoms with van der Waals surface area (Å²) in [5.41, 5.74) is 6.31. The molecule has 1 aromatic carbocycles. The molecule has 0 spiro atoms. The zero-order valence-electron chi connectivity index (χ0n) is 14.7. The van der Waals surface area contributed by atoms with Crippen molar-refractivity contribution < 1.29 is 0 Å². The number of nitriles is 1. The molecule has 4 rings (SSSR count). The van der Waals surface area contributed by atoms with E-state index in [1.165, 1.54) is 5.56 Å². The van der Waals surface area contributed by atoms with Gasteiger partial charge in [0.15, 0.2) is 4.96 Å². The van der Waals surface area contributed by atoms with E-state index in [0.717, 1.165) is 33.2 Å². The molecule has 0 aliphatic rings. The Balaban J connectivity index is 1.90. The minimum Gasteiger partial charge on any atom is -0.286 e. The molecule has 0 N–H and O–H groups in total. The molecule has 0 fully saturated rings. The first-order valence-corrected chi connectivity index (χ1v) is 9.43. The topological polar surface area (TPSA) is 54.0 Å². The van der Waals surface area contributed by atoms with E-state index in [-0.39, 0.29) is 0 Å². The summed E-state index contributed by atoms with van der Waals surface area (Å²) >= 11 is 1.59. The van der Waals surface area contributed by atoms with Crippen LogP contribution in [0.25, 0.3) is 27.5 Å². The summed E-state index contributed by atoms with van der Waals surface area (Å²) in [6.07, 6.45) is 3.88. The summed E-state index contributed by atoms with van der Waals surface area (Å²) in [7, 11) is 0. The predicted octanol–water partition coefficient (Wildman–Crippen LogP) is 5.31. The number of imidazole rings is 1. The average molecular weight is 358 g/mol. The van der Waals surface area contributed by atoms with Crippen LogP contribution < -0.4 is 0 Å². The number of hydrogen-bond acceptors (Lipinski definition) is 4. The summed E-state index contributed by atoms with van der Waals surface area (Å²) in [6, 6.07) is 14.8. The first-order chi connectivity index (χ1) is 12.7. The molecule has 0 bridgehead atoms. The van der Waals surface area contributed by atoms with Crippen LogP contribution in [0.15, 0.2) is 54.2 Å². The van der Waals surface area contributed by atoms with Gasteiger partial charge in [-0.25, -0.2) is 4.98 Å². The van der Waals surface area contributed by atoms with Crippen molar-refractivity contribution in [3.63, 3.8) is 0 Å². The van der Waals surface area contributed by atoms with Crippen LogP contribution in [-0.4, -0.2) is 14.4 Å². The lowest BCUT2D eigenvalue weighted by Crippen LogP contribution is -1.95. The molecule has 128 valence electrons. The third-order valence-electron chi connectivity index (χ3n) is 4.53. The Bertz CT molecular complexity index is 1080. The van der Waals surface area contributed by atoms with E-state index in [2.05, 4.69) is 58.9 Å². The molecule has 0 unspecified atom stereocenters. The highest BCUT2D eigenvalue weighted by Gasteiger charge is 2.18. The first-order valence-electron chi connectivity index (χ1n) is 8.55. The van der Waals surface area contributed by atoms with Gasteiger partial charge in [-0.2, -0.15) is 5.26 Å². The van der Waals surface area contributed by atoms with E-state index < -0.39 is 0 Å². The van der Waals surface area contributed by atoms with E-state index >= 15 is 0 Å². The Morgan fingerprint density at radius 2 is 1.81 bits per heavy atom. The van der Waals surface area contributed by atoms with Gasteiger partial charge < -0.3 is 0 Å². The van der Waals surface area contributed by atoms with Crippen molar-refractivity contribution in [2.45, 2.75) is 26.2 Å². The standard InChI is InChI=1S/C21H18N4S/c1-14(2)15-3-5-17(6-4-15)20-18(7-10-22)25-19(13-26-21(25)24-20)16-8-11-23-12-9-16/h3-6,8-9,11-14H,7H2,1-2H3. The van der Waals surface area contributed by atoms with Crippen molar-refractivity contribution in [1.82, 2.24) is 14.4 Å². The lowest BCUT2D eigenvalue weighted by atomic mass is 10.00. The van der Waals surface area contributed by atoms with E-state index in [1.54, 1.807) is 23.7 Å². The van der Waals surface area contributed by atoms with Crippen LogP contribution in [-0.2, 0) is 6.42 Å². The smallest absolute Gasteiger partial charge is 0.194 e. The maximum absolute atomic E-state index is 9.39. The van der Waals surface area contributed by atoms with Crippen molar-refractivity contribution in [3.8, 4) is 28.6 Å². The Hall–Kier alpha value is -2.97. The summed E-state index contributed by atoms with van der Waals surface area (Å²) in [4.78, 5) is 9.84. The maximum atomic E-state index is 9.39. The molecule has 0 aliphatic carbocycles. The Morgan fingerprint density at radius 3 is 2.46 bits per heavy atom. The monoisotopic (exact) mass is 358 g/mol. The highest BCUT2D eigenvalue weighted by atomic mass is 32.1. The number of rotatable bonds is 4. The number of hydrogen-bond donors (Lipinski definition) is 0. The van der Waals surface area contributed by atoms with Gasteiger partial charge >= 0.3 is 0 Å². The normalized spacial score (nSPS) is 11.2. The number of thiazole rings is 1. The third-order valence-corrected chi connectivity index (χ3v) is 5.36. The van der Waals surface area contributed by atoms with Gasteiger partial charge in [0.25, 0.3) is 0 Å². The number of benzene rings is 1. The van der Waals surface area contributed by atoms with Gasteiger partial charge in [0, 0.05) is 28.9 Å². The summed E-state index contributed by atoms with van der Waals surface area (Å²) in [5, 5.41) is 11.5. The van der Waals surface area contributed by atoms with Crippen LogP contribution in [0.5, 0.6) is 0 Å². The molecule has 0 amide bonds. The molecule has 3 heterocycles. The molecular formula is C21H18N4S. The van der Waals surface area contributed by atoms with Crippen LogP contribution in [0.4, 0.5) is 0 Å².